The Hall–Kier alpha value is -0.186. The van der Waals surface area contributed by atoms with Crippen molar-refractivity contribution in [1.82, 2.24) is 0 Å². The molecule has 0 aliphatic rings. The first kappa shape index (κ1) is 12.8. The standard InChI is InChI=1S/C11H11N.Y/c1-9-4-6-10(7-5-9)11(2,3)8-12;/h4-7H,2-3H2,1H3;/q-2;. The average Bonchev–Trinajstić information content (AvgIpc) is 2.05. The number of rotatable bonds is 1. The van der Waals surface area contributed by atoms with Crippen LogP contribution < -0.4 is 0 Å². The van der Waals surface area contributed by atoms with Crippen molar-refractivity contribution in [3.63, 3.8) is 0 Å². The molecule has 0 bridgehead atoms. The van der Waals surface area contributed by atoms with Gasteiger partial charge in [0.1, 0.15) is 0 Å². The zero-order valence-electron chi connectivity index (χ0n) is 7.75. The van der Waals surface area contributed by atoms with E-state index in [1.54, 1.807) is 0 Å². The van der Waals surface area contributed by atoms with Gasteiger partial charge in [0, 0.05) is 38.8 Å². The smallest absolute Gasteiger partial charge is 0.00848 e. The minimum atomic E-state index is -0.867. The van der Waals surface area contributed by atoms with E-state index in [0.29, 0.717) is 0 Å². The fourth-order valence-corrected chi connectivity index (χ4v) is 0.937. The predicted molar refractivity (Wildman–Crippen MR) is 49.2 cm³/mol. The van der Waals surface area contributed by atoms with Crippen LogP contribution in [0, 0.1) is 32.1 Å². The molecule has 1 nitrogen and oxygen atoms in total. The van der Waals surface area contributed by atoms with Crippen molar-refractivity contribution in [2.75, 3.05) is 0 Å². The second-order valence-corrected chi connectivity index (χ2v) is 3.06. The van der Waals surface area contributed by atoms with Gasteiger partial charge >= 0.3 is 0 Å². The molecule has 65 valence electrons. The second kappa shape index (κ2) is 4.89. The Balaban J connectivity index is 0.00000144. The number of hydrogen-bond acceptors (Lipinski definition) is 1. The molecule has 0 spiro atoms. The van der Waals surface area contributed by atoms with Crippen LogP contribution in [0.3, 0.4) is 0 Å². The van der Waals surface area contributed by atoms with Crippen molar-refractivity contribution < 1.29 is 32.7 Å². The summed E-state index contributed by atoms with van der Waals surface area (Å²) in [5.74, 6) is 0. The molecule has 1 radical (unpaired) electrons. The van der Waals surface area contributed by atoms with Gasteiger partial charge in [0.2, 0.25) is 0 Å². The van der Waals surface area contributed by atoms with E-state index >= 15 is 0 Å². The maximum absolute atomic E-state index is 8.74. The van der Waals surface area contributed by atoms with Crippen LogP contribution in [0.4, 0.5) is 0 Å². The third kappa shape index (κ3) is 3.21. The van der Waals surface area contributed by atoms with Crippen LogP contribution in [0.15, 0.2) is 24.3 Å². The largest absolute Gasteiger partial charge is 0.349 e. The fourth-order valence-electron chi connectivity index (χ4n) is 0.937. The van der Waals surface area contributed by atoms with E-state index in [9.17, 15) is 0 Å². The van der Waals surface area contributed by atoms with Gasteiger partial charge in [-0.2, -0.15) is 5.41 Å². The third-order valence-electron chi connectivity index (χ3n) is 1.82. The third-order valence-corrected chi connectivity index (χ3v) is 1.82. The molecule has 0 fully saturated rings. The average molecular weight is 246 g/mol. The Labute approximate surface area is 105 Å². The van der Waals surface area contributed by atoms with Crippen molar-refractivity contribution in [1.29, 1.82) is 5.26 Å². The maximum Gasteiger partial charge on any atom is 0.00848 e. The molecule has 0 saturated carbocycles. The molecule has 2 heteroatoms. The first-order chi connectivity index (χ1) is 5.56. The molecule has 0 aliphatic carbocycles. The van der Waals surface area contributed by atoms with Crippen molar-refractivity contribution in [3.8, 4) is 6.07 Å². The SMILES string of the molecule is [CH2-]C([CH2-])(C#N)c1ccc(C)cc1.[Y]. The van der Waals surface area contributed by atoms with E-state index in [4.69, 9.17) is 5.26 Å². The Kier molecular flexibility index (Phi) is 4.82. The number of aryl methyl sites for hydroxylation is 1. The second-order valence-electron chi connectivity index (χ2n) is 3.06. The van der Waals surface area contributed by atoms with Gasteiger partial charge in [-0.25, -0.2) is 5.26 Å². The van der Waals surface area contributed by atoms with Gasteiger partial charge in [-0.15, -0.1) is 0 Å². The molecule has 0 N–H and O–H groups in total. The molecule has 0 atom stereocenters. The Morgan fingerprint density at radius 3 is 2.08 bits per heavy atom. The molecule has 1 aromatic carbocycles. The van der Waals surface area contributed by atoms with E-state index in [2.05, 4.69) is 19.9 Å². The molecule has 13 heavy (non-hydrogen) atoms. The summed E-state index contributed by atoms with van der Waals surface area (Å²) in [7, 11) is 0. The fraction of sp³-hybridized carbons (Fsp3) is 0.182. The topological polar surface area (TPSA) is 23.8 Å². The van der Waals surface area contributed by atoms with E-state index in [1.807, 2.05) is 31.2 Å². The van der Waals surface area contributed by atoms with Crippen molar-refractivity contribution in [2.45, 2.75) is 12.3 Å². The number of hydrogen-bond donors (Lipinski definition) is 0. The van der Waals surface area contributed by atoms with E-state index < -0.39 is 5.41 Å². The summed E-state index contributed by atoms with van der Waals surface area (Å²) in [5.41, 5.74) is 1.16. The summed E-state index contributed by atoms with van der Waals surface area (Å²) in [6.07, 6.45) is 0. The summed E-state index contributed by atoms with van der Waals surface area (Å²) in [5, 5.41) is 8.74. The molecule has 0 unspecified atom stereocenters. The molecule has 0 aromatic heterocycles. The maximum atomic E-state index is 8.74. The zero-order chi connectivity index (χ0) is 9.19. The summed E-state index contributed by atoms with van der Waals surface area (Å²) < 4.78 is 0. The van der Waals surface area contributed by atoms with Gasteiger partial charge in [0.05, 0.1) is 0 Å². The van der Waals surface area contributed by atoms with Gasteiger partial charge in [-0.3, -0.25) is 0 Å². The first-order valence-electron chi connectivity index (χ1n) is 3.75. The van der Waals surface area contributed by atoms with Crippen LogP contribution in [-0.4, -0.2) is 0 Å². The monoisotopic (exact) mass is 246 g/mol. The molecule has 1 aromatic rings. The Morgan fingerprint density at radius 2 is 1.69 bits per heavy atom. The molecule has 0 amide bonds. The van der Waals surface area contributed by atoms with Gasteiger partial charge in [0.25, 0.3) is 0 Å². The van der Waals surface area contributed by atoms with Gasteiger partial charge < -0.3 is 13.8 Å². The number of nitrogens with zero attached hydrogens (tertiary/aromatic N) is 1. The summed E-state index contributed by atoms with van der Waals surface area (Å²) in [4.78, 5) is 0. The van der Waals surface area contributed by atoms with Crippen molar-refractivity contribution >= 4 is 0 Å². The number of nitriles is 1. The minimum absolute atomic E-state index is 0. The summed E-state index contributed by atoms with van der Waals surface area (Å²) >= 11 is 0. The summed E-state index contributed by atoms with van der Waals surface area (Å²) in [6, 6.07) is 9.74. The van der Waals surface area contributed by atoms with Crippen molar-refractivity contribution in [3.05, 3.63) is 49.2 Å². The molecular weight excluding hydrogens is 235 g/mol. The van der Waals surface area contributed by atoms with Gasteiger partial charge in [-0.05, 0) is 6.92 Å². The van der Waals surface area contributed by atoms with Crippen LogP contribution in [0.5, 0.6) is 0 Å². The van der Waals surface area contributed by atoms with Crippen molar-refractivity contribution in [2.24, 2.45) is 0 Å². The van der Waals surface area contributed by atoms with E-state index in [0.717, 1.165) is 5.56 Å². The molecule has 1 rings (SSSR count). The molecule has 0 heterocycles. The molecule has 0 aliphatic heterocycles. The van der Waals surface area contributed by atoms with E-state index in [-0.39, 0.29) is 32.7 Å². The summed E-state index contributed by atoms with van der Waals surface area (Å²) in [6.45, 7) is 9.44. The quantitative estimate of drug-likeness (QED) is 0.698. The Morgan fingerprint density at radius 1 is 1.23 bits per heavy atom. The number of benzene rings is 1. The van der Waals surface area contributed by atoms with Crippen LogP contribution in [-0.2, 0) is 38.1 Å². The van der Waals surface area contributed by atoms with E-state index in [1.165, 1.54) is 5.56 Å². The zero-order valence-corrected chi connectivity index (χ0v) is 10.6. The van der Waals surface area contributed by atoms with Crippen LogP contribution in [0.25, 0.3) is 0 Å². The Bertz CT molecular complexity index is 306. The first-order valence-corrected chi connectivity index (χ1v) is 3.75. The normalized spacial score (nSPS) is 10.0. The predicted octanol–water partition coefficient (Wildman–Crippen LogP) is 2.42. The van der Waals surface area contributed by atoms with Crippen LogP contribution >= 0.6 is 0 Å². The van der Waals surface area contributed by atoms with Gasteiger partial charge in [0.15, 0.2) is 0 Å². The molecule has 0 saturated heterocycles. The van der Waals surface area contributed by atoms with Crippen LogP contribution in [0.2, 0.25) is 0 Å². The molecular formula is C11H11NY-2. The minimum Gasteiger partial charge on any atom is -0.349 e. The van der Waals surface area contributed by atoms with Crippen LogP contribution in [0.1, 0.15) is 11.1 Å². The van der Waals surface area contributed by atoms with Gasteiger partial charge in [-0.1, -0.05) is 35.4 Å².